The normalized spacial score (nSPS) is 11.9. The predicted octanol–water partition coefficient (Wildman–Crippen LogP) is 4.82. The van der Waals surface area contributed by atoms with Crippen molar-refractivity contribution in [1.82, 2.24) is 29.7 Å². The van der Waals surface area contributed by atoms with Crippen molar-refractivity contribution in [2.24, 2.45) is 0 Å². The van der Waals surface area contributed by atoms with Crippen LogP contribution in [0.25, 0.3) is 16.2 Å². The third kappa shape index (κ3) is 4.85. The van der Waals surface area contributed by atoms with Crippen molar-refractivity contribution in [3.63, 3.8) is 0 Å². The molecule has 0 fully saturated rings. The Bertz CT molecular complexity index is 1260. The van der Waals surface area contributed by atoms with Crippen LogP contribution in [-0.2, 0) is 19.1 Å². The van der Waals surface area contributed by atoms with Crippen LogP contribution in [0, 0.1) is 0 Å². The van der Waals surface area contributed by atoms with Crippen molar-refractivity contribution in [1.29, 1.82) is 0 Å². The van der Waals surface area contributed by atoms with Crippen molar-refractivity contribution in [2.75, 3.05) is 6.54 Å². The second-order valence-corrected chi connectivity index (χ2v) is 9.06. The van der Waals surface area contributed by atoms with Crippen LogP contribution >= 0.6 is 27.3 Å². The number of aromatic nitrogens is 5. The van der Waals surface area contributed by atoms with Gasteiger partial charge in [-0.3, -0.25) is 9.48 Å². The van der Waals surface area contributed by atoms with E-state index in [1.807, 2.05) is 19.2 Å². The highest BCUT2D eigenvalue weighted by Crippen LogP contribution is 2.34. The smallest absolute Gasteiger partial charge is 0.351 e. The number of carbonyl (C=O) groups is 1. The van der Waals surface area contributed by atoms with E-state index in [1.54, 1.807) is 16.9 Å². The number of alkyl halides is 3. The van der Waals surface area contributed by atoms with E-state index in [2.05, 4.69) is 36.4 Å². The minimum atomic E-state index is -4.65. The first-order valence-corrected chi connectivity index (χ1v) is 11.4. The molecular weight excluding hydrogens is 509 g/mol. The molecule has 0 atom stereocenters. The Balaban J connectivity index is 1.55. The van der Waals surface area contributed by atoms with Gasteiger partial charge in [0.1, 0.15) is 0 Å². The van der Waals surface area contributed by atoms with Gasteiger partial charge in [0.2, 0.25) is 0 Å². The minimum absolute atomic E-state index is 0.0344. The summed E-state index contributed by atoms with van der Waals surface area (Å²) in [6.45, 7) is 2.88. The Morgan fingerprint density at radius 2 is 2.09 bits per heavy atom. The van der Waals surface area contributed by atoms with E-state index in [1.165, 1.54) is 17.4 Å². The summed E-state index contributed by atoms with van der Waals surface area (Å²) in [7, 11) is 0. The summed E-state index contributed by atoms with van der Waals surface area (Å²) >= 11 is 4.70. The van der Waals surface area contributed by atoms with Crippen LogP contribution in [0.3, 0.4) is 0 Å². The number of amides is 1. The lowest BCUT2D eigenvalue weighted by Crippen LogP contribution is -2.26. The lowest BCUT2D eigenvalue weighted by molar-refractivity contribution is -0.142. The summed E-state index contributed by atoms with van der Waals surface area (Å²) in [6, 6.07) is 5.86. The van der Waals surface area contributed by atoms with Gasteiger partial charge in [0.25, 0.3) is 5.91 Å². The van der Waals surface area contributed by atoms with E-state index in [-0.39, 0.29) is 17.0 Å². The van der Waals surface area contributed by atoms with Gasteiger partial charge in [-0.2, -0.15) is 23.4 Å². The lowest BCUT2D eigenvalue weighted by atomic mass is 10.2. The van der Waals surface area contributed by atoms with Crippen molar-refractivity contribution in [3.05, 3.63) is 57.4 Å². The first kappa shape index (κ1) is 22.5. The number of fused-ring (bicyclic) bond motifs is 1. The second kappa shape index (κ2) is 9.02. The molecule has 0 aromatic carbocycles. The summed E-state index contributed by atoms with van der Waals surface area (Å²) in [5.41, 5.74) is -0.936. The number of nitrogens with zero attached hydrogens (tertiary/aromatic N) is 5. The average Bonchev–Trinajstić information content (AvgIpc) is 3.48. The van der Waals surface area contributed by atoms with Crippen LogP contribution in [0.4, 0.5) is 13.2 Å². The largest absolute Gasteiger partial charge is 0.433 e. The third-order valence-corrected chi connectivity index (χ3v) is 6.33. The molecule has 0 spiro atoms. The molecule has 168 valence electrons. The van der Waals surface area contributed by atoms with Gasteiger partial charge in [-0.15, -0.1) is 11.3 Å². The van der Waals surface area contributed by atoms with E-state index in [9.17, 15) is 18.0 Å². The summed E-state index contributed by atoms with van der Waals surface area (Å²) in [6.07, 6.45) is 0.199. The fourth-order valence-electron chi connectivity index (χ4n) is 3.11. The van der Waals surface area contributed by atoms with Crippen LogP contribution in [0.5, 0.6) is 0 Å². The molecule has 1 amide bonds. The molecule has 0 aliphatic carbocycles. The topological polar surface area (TPSA) is 77.1 Å². The molecule has 0 bridgehead atoms. The molecule has 1 N–H and O–H groups in total. The van der Waals surface area contributed by atoms with Crippen LogP contribution < -0.4 is 5.32 Å². The zero-order valence-corrected chi connectivity index (χ0v) is 19.3. The average molecular weight is 527 g/mol. The molecule has 32 heavy (non-hydrogen) atoms. The summed E-state index contributed by atoms with van der Waals surface area (Å²) in [4.78, 5) is 18.5. The Morgan fingerprint density at radius 3 is 2.75 bits per heavy atom. The first-order chi connectivity index (χ1) is 15.2. The number of hydrogen-bond donors (Lipinski definition) is 1. The molecular formula is C20H18BrF3N6OS. The van der Waals surface area contributed by atoms with Gasteiger partial charge in [0.15, 0.2) is 17.0 Å². The molecule has 4 aromatic heterocycles. The van der Waals surface area contributed by atoms with Crippen LogP contribution in [0.2, 0.25) is 0 Å². The summed E-state index contributed by atoms with van der Waals surface area (Å²) in [5.74, 6) is -0.559. The highest BCUT2D eigenvalue weighted by Gasteiger charge is 2.35. The van der Waals surface area contributed by atoms with Crippen LogP contribution in [0.15, 0.2) is 41.1 Å². The quantitative estimate of drug-likeness (QED) is 0.350. The van der Waals surface area contributed by atoms with E-state index in [0.29, 0.717) is 28.9 Å². The maximum Gasteiger partial charge on any atom is 0.433 e. The molecule has 0 radical (unpaired) electrons. The zero-order valence-electron chi connectivity index (χ0n) is 16.9. The fraction of sp³-hybridized carbons (Fsp3) is 0.300. The number of nitrogens with one attached hydrogen (secondary N) is 1. The van der Waals surface area contributed by atoms with Crippen molar-refractivity contribution in [3.8, 4) is 10.6 Å². The third-order valence-electron chi connectivity index (χ3n) is 4.66. The maximum atomic E-state index is 13.7. The molecule has 0 aliphatic rings. The molecule has 4 rings (SSSR count). The number of rotatable bonds is 7. The van der Waals surface area contributed by atoms with Crippen molar-refractivity contribution in [2.45, 2.75) is 32.5 Å². The lowest BCUT2D eigenvalue weighted by Gasteiger charge is -2.10. The molecule has 0 aliphatic heterocycles. The van der Waals surface area contributed by atoms with Gasteiger partial charge < -0.3 is 5.32 Å². The van der Waals surface area contributed by atoms with Gasteiger partial charge in [0.05, 0.1) is 21.2 Å². The van der Waals surface area contributed by atoms with Gasteiger partial charge in [-0.05, 0) is 47.0 Å². The summed E-state index contributed by atoms with van der Waals surface area (Å²) in [5, 5.41) is 10.7. The van der Waals surface area contributed by atoms with Crippen LogP contribution in [0.1, 0.15) is 34.4 Å². The van der Waals surface area contributed by atoms with Gasteiger partial charge in [-0.25, -0.2) is 9.50 Å². The van der Waals surface area contributed by atoms with E-state index in [4.69, 9.17) is 0 Å². The monoisotopic (exact) mass is 526 g/mol. The first-order valence-electron chi connectivity index (χ1n) is 9.78. The van der Waals surface area contributed by atoms with E-state index >= 15 is 0 Å². The number of thiophene rings is 1. The Hall–Kier alpha value is -2.73. The highest BCUT2D eigenvalue weighted by molar-refractivity contribution is 9.10. The maximum absolute atomic E-state index is 13.7. The fourth-order valence-corrected chi connectivity index (χ4v) is 4.35. The highest BCUT2D eigenvalue weighted by atomic mass is 79.9. The summed E-state index contributed by atoms with van der Waals surface area (Å²) < 4.78 is 44.4. The SMILES string of the molecule is CCc1ccc(-c2cc(C(F)(F)F)n3nc(C(=O)NCCCn4cc(Br)cn4)cc3n2)s1. The molecule has 12 heteroatoms. The Morgan fingerprint density at radius 1 is 1.28 bits per heavy atom. The number of hydrogen-bond acceptors (Lipinski definition) is 5. The molecule has 4 heterocycles. The van der Waals surface area contributed by atoms with Gasteiger partial charge >= 0.3 is 6.18 Å². The van der Waals surface area contributed by atoms with Gasteiger partial charge in [-0.1, -0.05) is 6.92 Å². The number of halogens is 4. The van der Waals surface area contributed by atoms with E-state index < -0.39 is 17.8 Å². The van der Waals surface area contributed by atoms with Gasteiger partial charge in [0, 0.05) is 30.2 Å². The molecule has 4 aromatic rings. The molecule has 7 nitrogen and oxygen atoms in total. The number of aryl methyl sites for hydroxylation is 2. The van der Waals surface area contributed by atoms with Crippen molar-refractivity contribution >= 4 is 38.8 Å². The molecule has 0 unspecified atom stereocenters. The van der Waals surface area contributed by atoms with E-state index in [0.717, 1.165) is 21.8 Å². The second-order valence-electron chi connectivity index (χ2n) is 6.97. The van der Waals surface area contributed by atoms with Crippen LogP contribution in [-0.4, -0.2) is 36.8 Å². The zero-order chi connectivity index (χ0) is 22.9. The van der Waals surface area contributed by atoms with Crippen molar-refractivity contribution < 1.29 is 18.0 Å². The Labute approximate surface area is 193 Å². The number of carbonyl (C=O) groups excluding carboxylic acids is 1. The Kier molecular flexibility index (Phi) is 6.33. The minimum Gasteiger partial charge on any atom is -0.351 e. The molecule has 0 saturated carbocycles. The molecule has 0 saturated heterocycles. The predicted molar refractivity (Wildman–Crippen MR) is 118 cm³/mol. The standard InChI is InChI=1S/C20H18BrF3N6OS/c1-2-13-4-5-16(32-13)14-8-17(20(22,23)24)30-18(27-14)9-15(28-30)19(31)25-6-3-7-29-11-12(21)10-26-29/h4-5,8-11H,2-3,6-7H2,1H3,(H,25,31).